The molecule has 0 aromatic heterocycles. The zero-order chi connectivity index (χ0) is 12.6. The van der Waals surface area contributed by atoms with Crippen LogP contribution in [0.15, 0.2) is 18.2 Å². The fourth-order valence-electron chi connectivity index (χ4n) is 2.25. The third-order valence-electron chi connectivity index (χ3n) is 3.30. The SMILES string of the molecule is CC[C@H]1C[C@@H]1c1ccc(OC(F)(F)F)c(C)c1. The number of ether oxygens (including phenoxy) is 1. The Bertz CT molecular complexity index is 412. The van der Waals surface area contributed by atoms with Crippen LogP contribution in [0.1, 0.15) is 36.8 Å². The normalized spacial score (nSPS) is 23.6. The Morgan fingerprint density at radius 1 is 1.35 bits per heavy atom. The van der Waals surface area contributed by atoms with Crippen LogP contribution < -0.4 is 4.74 Å². The van der Waals surface area contributed by atoms with Crippen molar-refractivity contribution in [2.45, 2.75) is 39.0 Å². The molecule has 0 heterocycles. The Kier molecular flexibility index (Phi) is 3.06. The van der Waals surface area contributed by atoms with Gasteiger partial charge < -0.3 is 4.74 Å². The van der Waals surface area contributed by atoms with Gasteiger partial charge in [-0.15, -0.1) is 13.2 Å². The van der Waals surface area contributed by atoms with Crippen LogP contribution in [0.25, 0.3) is 0 Å². The molecule has 0 saturated heterocycles. The molecule has 1 aliphatic rings. The first-order chi connectivity index (χ1) is 7.90. The van der Waals surface area contributed by atoms with Gasteiger partial charge in [-0.3, -0.25) is 0 Å². The second-order valence-electron chi connectivity index (χ2n) is 4.58. The fourth-order valence-corrected chi connectivity index (χ4v) is 2.25. The second kappa shape index (κ2) is 4.24. The first-order valence-corrected chi connectivity index (χ1v) is 5.77. The summed E-state index contributed by atoms with van der Waals surface area (Å²) >= 11 is 0. The molecule has 1 aliphatic carbocycles. The van der Waals surface area contributed by atoms with Crippen LogP contribution in [-0.2, 0) is 0 Å². The van der Waals surface area contributed by atoms with Gasteiger partial charge in [-0.25, -0.2) is 0 Å². The van der Waals surface area contributed by atoms with Crippen molar-refractivity contribution in [3.63, 3.8) is 0 Å². The van der Waals surface area contributed by atoms with Crippen molar-refractivity contribution < 1.29 is 17.9 Å². The quantitative estimate of drug-likeness (QED) is 0.765. The molecule has 1 aromatic carbocycles. The van der Waals surface area contributed by atoms with Gasteiger partial charge in [-0.2, -0.15) is 0 Å². The Balaban J connectivity index is 2.12. The van der Waals surface area contributed by atoms with Gasteiger partial charge in [-0.05, 0) is 42.4 Å². The summed E-state index contributed by atoms with van der Waals surface area (Å²) in [6.45, 7) is 3.78. The second-order valence-corrected chi connectivity index (χ2v) is 4.58. The van der Waals surface area contributed by atoms with Crippen molar-refractivity contribution in [1.82, 2.24) is 0 Å². The molecule has 17 heavy (non-hydrogen) atoms. The van der Waals surface area contributed by atoms with E-state index < -0.39 is 6.36 Å². The molecule has 0 bridgehead atoms. The van der Waals surface area contributed by atoms with Crippen LogP contribution in [-0.4, -0.2) is 6.36 Å². The molecule has 0 spiro atoms. The highest BCUT2D eigenvalue weighted by Gasteiger charge is 2.37. The van der Waals surface area contributed by atoms with Crippen LogP contribution in [0.3, 0.4) is 0 Å². The van der Waals surface area contributed by atoms with Crippen molar-refractivity contribution in [3.8, 4) is 5.75 Å². The van der Waals surface area contributed by atoms with E-state index >= 15 is 0 Å². The molecule has 4 heteroatoms. The summed E-state index contributed by atoms with van der Waals surface area (Å²) < 4.78 is 40.2. The molecule has 0 unspecified atom stereocenters. The molecule has 0 radical (unpaired) electrons. The number of hydrogen-bond acceptors (Lipinski definition) is 1. The zero-order valence-electron chi connectivity index (χ0n) is 9.84. The summed E-state index contributed by atoms with van der Waals surface area (Å²) in [7, 11) is 0. The predicted octanol–water partition coefficient (Wildman–Crippen LogP) is 4.41. The van der Waals surface area contributed by atoms with Gasteiger partial charge in [0, 0.05) is 0 Å². The van der Waals surface area contributed by atoms with E-state index in [0.29, 0.717) is 17.4 Å². The largest absolute Gasteiger partial charge is 0.573 e. The van der Waals surface area contributed by atoms with Gasteiger partial charge in [0.25, 0.3) is 0 Å². The van der Waals surface area contributed by atoms with Crippen molar-refractivity contribution in [2.75, 3.05) is 0 Å². The van der Waals surface area contributed by atoms with Crippen molar-refractivity contribution >= 4 is 0 Å². The molecular formula is C13H15F3O. The van der Waals surface area contributed by atoms with Crippen LogP contribution in [0, 0.1) is 12.8 Å². The van der Waals surface area contributed by atoms with Crippen molar-refractivity contribution in [1.29, 1.82) is 0 Å². The predicted molar refractivity (Wildman–Crippen MR) is 59.0 cm³/mol. The molecule has 0 N–H and O–H groups in total. The minimum atomic E-state index is -4.61. The third kappa shape index (κ3) is 2.93. The minimum absolute atomic E-state index is 0.102. The van der Waals surface area contributed by atoms with E-state index in [4.69, 9.17) is 0 Å². The zero-order valence-corrected chi connectivity index (χ0v) is 9.84. The van der Waals surface area contributed by atoms with Crippen LogP contribution in [0.2, 0.25) is 0 Å². The lowest BCUT2D eigenvalue weighted by Crippen LogP contribution is -2.17. The minimum Gasteiger partial charge on any atom is -0.406 e. The maximum absolute atomic E-state index is 12.1. The average Bonchev–Trinajstić information content (AvgIpc) is 2.98. The average molecular weight is 244 g/mol. The summed E-state index contributed by atoms with van der Waals surface area (Å²) in [4.78, 5) is 0. The lowest BCUT2D eigenvalue weighted by molar-refractivity contribution is -0.274. The van der Waals surface area contributed by atoms with Gasteiger partial charge in [0.2, 0.25) is 0 Å². The van der Waals surface area contributed by atoms with E-state index in [1.165, 1.54) is 6.07 Å². The number of rotatable bonds is 3. The summed E-state index contributed by atoms with van der Waals surface area (Å²) in [5.74, 6) is 1.12. The molecule has 1 saturated carbocycles. The van der Waals surface area contributed by atoms with Crippen LogP contribution >= 0.6 is 0 Å². The highest BCUT2D eigenvalue weighted by atomic mass is 19.4. The molecule has 2 rings (SSSR count). The summed E-state index contributed by atoms with van der Waals surface area (Å²) in [6.07, 6.45) is -2.34. The van der Waals surface area contributed by atoms with Gasteiger partial charge in [-0.1, -0.05) is 25.5 Å². The Morgan fingerprint density at radius 2 is 2.06 bits per heavy atom. The number of hydrogen-bond donors (Lipinski definition) is 0. The molecule has 0 aliphatic heterocycles. The van der Waals surface area contributed by atoms with Crippen LogP contribution in [0.5, 0.6) is 5.75 Å². The van der Waals surface area contributed by atoms with Crippen molar-refractivity contribution in [2.24, 2.45) is 5.92 Å². The highest BCUT2D eigenvalue weighted by molar-refractivity contribution is 5.39. The van der Waals surface area contributed by atoms with Crippen LogP contribution in [0.4, 0.5) is 13.2 Å². The van der Waals surface area contributed by atoms with E-state index in [-0.39, 0.29) is 5.75 Å². The Morgan fingerprint density at radius 3 is 2.53 bits per heavy atom. The van der Waals surface area contributed by atoms with E-state index in [2.05, 4.69) is 11.7 Å². The monoisotopic (exact) mass is 244 g/mol. The lowest BCUT2D eigenvalue weighted by atomic mass is 10.0. The molecule has 1 aromatic rings. The number of halogens is 3. The fraction of sp³-hybridized carbons (Fsp3) is 0.538. The molecule has 1 nitrogen and oxygen atoms in total. The smallest absolute Gasteiger partial charge is 0.406 e. The molecule has 94 valence electrons. The molecule has 0 amide bonds. The van der Waals surface area contributed by atoms with Gasteiger partial charge in [0.15, 0.2) is 0 Å². The van der Waals surface area contributed by atoms with Gasteiger partial charge in [0.05, 0.1) is 0 Å². The lowest BCUT2D eigenvalue weighted by Gasteiger charge is -2.12. The summed E-state index contributed by atoms with van der Waals surface area (Å²) in [5, 5.41) is 0. The Labute approximate surface area is 98.6 Å². The van der Waals surface area contributed by atoms with E-state index in [1.807, 2.05) is 0 Å². The first-order valence-electron chi connectivity index (χ1n) is 5.77. The highest BCUT2D eigenvalue weighted by Crippen LogP contribution is 2.49. The maximum Gasteiger partial charge on any atom is 0.573 e. The van der Waals surface area contributed by atoms with Crippen molar-refractivity contribution in [3.05, 3.63) is 29.3 Å². The van der Waals surface area contributed by atoms with E-state index in [1.54, 1.807) is 19.1 Å². The molecule has 2 atom stereocenters. The number of aryl methyl sites for hydroxylation is 1. The molecular weight excluding hydrogens is 229 g/mol. The molecule has 1 fully saturated rings. The summed E-state index contributed by atoms with van der Waals surface area (Å²) in [6, 6.07) is 4.97. The van der Waals surface area contributed by atoms with Gasteiger partial charge >= 0.3 is 6.36 Å². The maximum atomic E-state index is 12.1. The third-order valence-corrected chi connectivity index (χ3v) is 3.30. The number of alkyl halides is 3. The first kappa shape index (κ1) is 12.3. The van der Waals surface area contributed by atoms with E-state index in [0.717, 1.165) is 18.4 Å². The standard InChI is InChI=1S/C13H15F3O/c1-3-9-7-11(9)10-4-5-12(8(2)6-10)17-13(14,15)16/h4-6,9,11H,3,7H2,1-2H3/t9-,11-/m0/s1. The topological polar surface area (TPSA) is 9.23 Å². The van der Waals surface area contributed by atoms with Gasteiger partial charge in [0.1, 0.15) is 5.75 Å². The summed E-state index contributed by atoms with van der Waals surface area (Å²) in [5.41, 5.74) is 1.67. The van der Waals surface area contributed by atoms with E-state index in [9.17, 15) is 13.2 Å². The number of benzene rings is 1. The Hall–Kier alpha value is -1.19.